The summed E-state index contributed by atoms with van der Waals surface area (Å²) >= 11 is 2.19. The molecule has 1 atom stereocenters. The van der Waals surface area contributed by atoms with E-state index in [1.807, 2.05) is 31.2 Å². The normalized spacial score (nSPS) is 12.0. The Morgan fingerprint density at radius 1 is 1.29 bits per heavy atom. The van der Waals surface area contributed by atoms with E-state index < -0.39 is 16.8 Å². The lowest BCUT2D eigenvalue weighted by molar-refractivity contribution is -0.115. The van der Waals surface area contributed by atoms with Gasteiger partial charge < -0.3 is 15.9 Å². The largest absolute Gasteiger partial charge is 0.465 e. The van der Waals surface area contributed by atoms with Crippen LogP contribution in [0, 0.1) is 6.92 Å². The maximum Gasteiger partial charge on any atom is 0.348 e. The van der Waals surface area contributed by atoms with E-state index in [0.29, 0.717) is 27.4 Å². The van der Waals surface area contributed by atoms with Gasteiger partial charge in [0.05, 0.1) is 17.7 Å². The number of benzene rings is 1. The fourth-order valence-corrected chi connectivity index (χ4v) is 5.12. The van der Waals surface area contributed by atoms with Gasteiger partial charge in [-0.3, -0.25) is 9.59 Å². The number of ether oxygens (including phenoxy) is 1. The number of nitrogens with two attached hydrogens (primary N) is 1. The van der Waals surface area contributed by atoms with Crippen LogP contribution in [0.2, 0.25) is 0 Å². The van der Waals surface area contributed by atoms with Crippen LogP contribution >= 0.6 is 23.1 Å². The SMILES string of the molecule is CCc1ccc(NC(=O)[C@H](CC)Sc2nc3sc(C(=O)OC)c(C)c3c(=O)n2N)cc1. The Morgan fingerprint density at radius 3 is 2.55 bits per heavy atom. The molecule has 0 aliphatic heterocycles. The first kappa shape index (κ1) is 22.8. The Kier molecular flexibility index (Phi) is 7.01. The number of esters is 1. The minimum atomic E-state index is -0.530. The number of fused-ring (bicyclic) bond motifs is 1. The van der Waals surface area contributed by atoms with Crippen LogP contribution in [0.4, 0.5) is 5.69 Å². The summed E-state index contributed by atoms with van der Waals surface area (Å²) in [6, 6.07) is 7.66. The van der Waals surface area contributed by atoms with Crippen LogP contribution < -0.4 is 16.7 Å². The highest BCUT2D eigenvalue weighted by Gasteiger charge is 2.25. The van der Waals surface area contributed by atoms with E-state index in [-0.39, 0.29) is 16.4 Å². The Balaban J connectivity index is 1.89. The predicted octanol–water partition coefficient (Wildman–Crippen LogP) is 3.34. The van der Waals surface area contributed by atoms with E-state index in [0.717, 1.165) is 34.2 Å². The number of nitrogens with zero attached hydrogens (tertiary/aromatic N) is 2. The average Bonchev–Trinajstić information content (AvgIpc) is 3.11. The summed E-state index contributed by atoms with van der Waals surface area (Å²) in [7, 11) is 1.28. The third-order valence-corrected chi connectivity index (χ3v) is 7.37. The molecule has 2 aromatic heterocycles. The zero-order valence-corrected chi connectivity index (χ0v) is 19.4. The number of carbonyl (C=O) groups is 2. The standard InChI is InChI=1S/C21H24N4O4S2/c1-5-12-7-9-13(10-8-12)23-17(26)14(6-2)30-21-24-18-15(19(27)25(21)22)11(3)16(31-18)20(28)29-4/h7-10,14H,5-6,22H2,1-4H3,(H,23,26)/t14-/m0/s1. The molecule has 31 heavy (non-hydrogen) atoms. The summed E-state index contributed by atoms with van der Waals surface area (Å²) < 4.78 is 5.71. The number of carbonyl (C=O) groups excluding carboxylic acids is 2. The summed E-state index contributed by atoms with van der Waals surface area (Å²) in [6.45, 7) is 5.60. The number of amides is 1. The second-order valence-corrected chi connectivity index (χ2v) is 9.02. The highest BCUT2D eigenvalue weighted by molar-refractivity contribution is 8.00. The Bertz CT molecular complexity index is 1180. The van der Waals surface area contributed by atoms with Crippen LogP contribution in [0.25, 0.3) is 10.2 Å². The summed E-state index contributed by atoms with van der Waals surface area (Å²) in [4.78, 5) is 42.8. The summed E-state index contributed by atoms with van der Waals surface area (Å²) in [6.07, 6.45) is 1.43. The minimum absolute atomic E-state index is 0.205. The molecule has 0 aliphatic rings. The molecule has 164 valence electrons. The molecule has 2 heterocycles. The van der Waals surface area contributed by atoms with Gasteiger partial charge in [0.25, 0.3) is 5.56 Å². The number of thioether (sulfide) groups is 1. The highest BCUT2D eigenvalue weighted by Crippen LogP contribution is 2.31. The minimum Gasteiger partial charge on any atom is -0.465 e. The number of hydrogen-bond donors (Lipinski definition) is 2. The van der Waals surface area contributed by atoms with E-state index in [4.69, 9.17) is 10.6 Å². The monoisotopic (exact) mass is 460 g/mol. The Hall–Kier alpha value is -2.85. The van der Waals surface area contributed by atoms with Crippen molar-refractivity contribution in [2.45, 2.75) is 44.0 Å². The highest BCUT2D eigenvalue weighted by atomic mass is 32.2. The zero-order chi connectivity index (χ0) is 22.7. The van der Waals surface area contributed by atoms with Crippen molar-refractivity contribution < 1.29 is 14.3 Å². The number of aromatic nitrogens is 2. The maximum absolute atomic E-state index is 12.8. The van der Waals surface area contributed by atoms with Crippen LogP contribution in [0.15, 0.2) is 34.2 Å². The van der Waals surface area contributed by atoms with Crippen molar-refractivity contribution in [2.75, 3.05) is 18.3 Å². The molecule has 0 aliphatic carbocycles. The van der Waals surface area contributed by atoms with Crippen LogP contribution in [0.5, 0.6) is 0 Å². The summed E-state index contributed by atoms with van der Waals surface area (Å²) in [5.74, 6) is 5.27. The van der Waals surface area contributed by atoms with Crippen molar-refractivity contribution in [1.29, 1.82) is 0 Å². The second-order valence-electron chi connectivity index (χ2n) is 6.85. The first-order valence-corrected chi connectivity index (χ1v) is 11.5. The molecule has 3 rings (SSSR count). The smallest absolute Gasteiger partial charge is 0.348 e. The summed E-state index contributed by atoms with van der Waals surface area (Å²) in [5, 5.41) is 2.88. The Labute approximate surface area is 187 Å². The molecular formula is C21H24N4O4S2. The second kappa shape index (κ2) is 9.52. The summed E-state index contributed by atoms with van der Waals surface area (Å²) in [5.41, 5.74) is 1.90. The molecule has 0 saturated heterocycles. The van der Waals surface area contributed by atoms with Gasteiger partial charge in [-0.15, -0.1) is 11.3 Å². The van der Waals surface area contributed by atoms with Gasteiger partial charge in [-0.05, 0) is 43.0 Å². The van der Waals surface area contributed by atoms with Gasteiger partial charge in [0, 0.05) is 5.69 Å². The molecule has 0 bridgehead atoms. The lowest BCUT2D eigenvalue weighted by Crippen LogP contribution is -2.32. The van der Waals surface area contributed by atoms with E-state index in [1.165, 1.54) is 12.7 Å². The molecule has 0 saturated carbocycles. The van der Waals surface area contributed by atoms with Gasteiger partial charge in [0.2, 0.25) is 5.91 Å². The third kappa shape index (κ3) is 4.59. The average molecular weight is 461 g/mol. The molecule has 0 fully saturated rings. The maximum atomic E-state index is 12.8. The van der Waals surface area contributed by atoms with E-state index in [9.17, 15) is 14.4 Å². The number of aryl methyl sites for hydroxylation is 2. The molecule has 10 heteroatoms. The van der Waals surface area contributed by atoms with Gasteiger partial charge >= 0.3 is 5.97 Å². The van der Waals surface area contributed by atoms with Gasteiger partial charge in [-0.2, -0.15) is 0 Å². The lowest BCUT2D eigenvalue weighted by atomic mass is 10.1. The van der Waals surface area contributed by atoms with Crippen molar-refractivity contribution in [2.24, 2.45) is 0 Å². The van der Waals surface area contributed by atoms with Gasteiger partial charge in [-0.1, -0.05) is 37.7 Å². The van der Waals surface area contributed by atoms with Crippen LogP contribution in [-0.2, 0) is 16.0 Å². The number of methoxy groups -OCH3 is 1. The first-order valence-electron chi connectivity index (χ1n) is 9.76. The fourth-order valence-electron chi connectivity index (χ4n) is 3.04. The van der Waals surface area contributed by atoms with Crippen molar-refractivity contribution in [3.05, 3.63) is 50.6 Å². The van der Waals surface area contributed by atoms with E-state index in [1.54, 1.807) is 6.92 Å². The number of rotatable bonds is 7. The molecule has 1 amide bonds. The van der Waals surface area contributed by atoms with Crippen LogP contribution in [0.3, 0.4) is 0 Å². The zero-order valence-electron chi connectivity index (χ0n) is 17.7. The molecule has 0 unspecified atom stereocenters. The van der Waals surface area contributed by atoms with Crippen LogP contribution in [0.1, 0.15) is 41.1 Å². The van der Waals surface area contributed by atoms with E-state index in [2.05, 4.69) is 17.2 Å². The molecular weight excluding hydrogens is 436 g/mol. The van der Waals surface area contributed by atoms with Crippen molar-refractivity contribution in [3.63, 3.8) is 0 Å². The van der Waals surface area contributed by atoms with Crippen LogP contribution in [-0.4, -0.2) is 33.9 Å². The number of anilines is 1. The quantitative estimate of drug-likeness (QED) is 0.240. The van der Waals surface area contributed by atoms with Crippen molar-refractivity contribution in [3.8, 4) is 0 Å². The number of hydrogen-bond acceptors (Lipinski definition) is 8. The van der Waals surface area contributed by atoms with E-state index >= 15 is 0 Å². The molecule has 0 radical (unpaired) electrons. The first-order chi connectivity index (χ1) is 14.8. The van der Waals surface area contributed by atoms with Gasteiger partial charge in [0.1, 0.15) is 9.71 Å². The van der Waals surface area contributed by atoms with Gasteiger partial charge in [-0.25, -0.2) is 14.5 Å². The fraction of sp³-hybridized carbons (Fsp3) is 0.333. The van der Waals surface area contributed by atoms with Gasteiger partial charge in [0.15, 0.2) is 5.16 Å². The van der Waals surface area contributed by atoms with Crippen molar-refractivity contribution in [1.82, 2.24) is 9.66 Å². The topological polar surface area (TPSA) is 116 Å². The number of nitrogen functional groups attached to an aromatic ring is 1. The molecule has 3 N–H and O–H groups in total. The third-order valence-electron chi connectivity index (χ3n) is 4.88. The lowest BCUT2D eigenvalue weighted by Gasteiger charge is -2.16. The molecule has 8 nitrogen and oxygen atoms in total. The number of thiophene rings is 1. The predicted molar refractivity (Wildman–Crippen MR) is 124 cm³/mol. The number of nitrogens with one attached hydrogen (secondary N) is 1. The molecule has 3 aromatic rings. The molecule has 1 aromatic carbocycles. The molecule has 0 spiro atoms. The van der Waals surface area contributed by atoms with Crippen molar-refractivity contribution >= 4 is 50.9 Å². The Morgan fingerprint density at radius 2 is 1.97 bits per heavy atom.